The quantitative estimate of drug-likeness (QED) is 0.120. The number of hydrogen-bond donors (Lipinski definition) is 0. The number of oxime groups is 1. The van der Waals surface area contributed by atoms with E-state index in [0.29, 0.717) is 31.1 Å². The Balaban J connectivity index is 0.967. The largest absolute Gasteiger partial charge is 0.496 e. The Morgan fingerprint density at radius 3 is 2.24 bits per heavy atom. The summed E-state index contributed by atoms with van der Waals surface area (Å²) in [5.41, 5.74) is 8.51. The average molecular weight is 637 g/mol. The lowest BCUT2D eigenvalue weighted by atomic mass is 9.97. The summed E-state index contributed by atoms with van der Waals surface area (Å²) in [5, 5.41) is 5.45. The first-order chi connectivity index (χ1) is 22.4. The van der Waals surface area contributed by atoms with Gasteiger partial charge in [0.1, 0.15) is 16.5 Å². The zero-order valence-electron chi connectivity index (χ0n) is 27.1. The molecule has 0 spiro atoms. The van der Waals surface area contributed by atoms with Gasteiger partial charge in [-0.1, -0.05) is 23.4 Å². The van der Waals surface area contributed by atoms with Crippen LogP contribution in [-0.2, 0) is 4.84 Å². The lowest BCUT2D eigenvalue weighted by Crippen LogP contribution is -2.05. The fourth-order valence-electron chi connectivity index (χ4n) is 5.62. The van der Waals surface area contributed by atoms with E-state index in [4.69, 9.17) is 28.8 Å². The van der Waals surface area contributed by atoms with E-state index in [1.807, 2.05) is 30.3 Å². The summed E-state index contributed by atoms with van der Waals surface area (Å²) < 4.78 is 24.6. The van der Waals surface area contributed by atoms with Crippen LogP contribution in [0.25, 0.3) is 20.8 Å². The molecule has 7 nitrogen and oxygen atoms in total. The molecule has 0 saturated carbocycles. The third kappa shape index (κ3) is 6.97. The molecule has 0 bridgehead atoms. The van der Waals surface area contributed by atoms with E-state index < -0.39 is 0 Å². The van der Waals surface area contributed by atoms with E-state index in [1.165, 1.54) is 4.70 Å². The van der Waals surface area contributed by atoms with Crippen molar-refractivity contribution in [2.75, 3.05) is 27.4 Å². The molecular weight excluding hydrogens is 596 g/mol. The molecule has 2 heterocycles. The van der Waals surface area contributed by atoms with Gasteiger partial charge in [0.05, 0.1) is 43.4 Å². The number of rotatable bonds is 13. The smallest absolute Gasteiger partial charge is 0.161 e. The molecule has 4 aromatic carbocycles. The van der Waals surface area contributed by atoms with Crippen LogP contribution in [0.4, 0.5) is 0 Å². The van der Waals surface area contributed by atoms with Gasteiger partial charge in [0.2, 0.25) is 0 Å². The number of aryl methyl sites for hydroxylation is 2. The topological polar surface area (TPSA) is 71.4 Å². The lowest BCUT2D eigenvalue weighted by molar-refractivity contribution is 0.0854. The first-order valence-electron chi connectivity index (χ1n) is 15.7. The molecule has 1 aliphatic heterocycles. The molecule has 0 saturated heterocycles. The summed E-state index contributed by atoms with van der Waals surface area (Å²) in [6.45, 7) is 7.48. The number of para-hydroxylation sites is 1. The van der Waals surface area contributed by atoms with Crippen LogP contribution in [0.1, 0.15) is 59.6 Å². The number of unbranched alkanes of at least 4 members (excludes halogenated alkanes) is 2. The van der Waals surface area contributed by atoms with Crippen LogP contribution in [0.5, 0.6) is 23.0 Å². The third-order valence-corrected chi connectivity index (χ3v) is 9.51. The van der Waals surface area contributed by atoms with Gasteiger partial charge in [-0.25, -0.2) is 4.98 Å². The predicted molar refractivity (Wildman–Crippen MR) is 185 cm³/mol. The first kappa shape index (κ1) is 31.4. The number of aromatic nitrogens is 1. The van der Waals surface area contributed by atoms with Gasteiger partial charge in [-0.2, -0.15) is 0 Å². The molecule has 5 aromatic rings. The highest BCUT2D eigenvalue weighted by atomic mass is 32.1. The Bertz CT molecular complexity index is 1830. The van der Waals surface area contributed by atoms with Crippen LogP contribution in [0.15, 0.2) is 78.0 Å². The average Bonchev–Trinajstić information content (AvgIpc) is 3.74. The van der Waals surface area contributed by atoms with E-state index >= 15 is 0 Å². The predicted octanol–water partition coefficient (Wildman–Crippen LogP) is 9.40. The van der Waals surface area contributed by atoms with Crippen molar-refractivity contribution in [3.63, 3.8) is 0 Å². The fraction of sp³-hybridized carbons (Fsp3) is 0.316. The summed E-state index contributed by atoms with van der Waals surface area (Å²) in [4.78, 5) is 10.7. The second-order valence-electron chi connectivity index (χ2n) is 11.6. The van der Waals surface area contributed by atoms with Crippen molar-refractivity contribution in [3.8, 4) is 33.6 Å². The minimum atomic E-state index is -0.188. The number of fused-ring (bicyclic) bond motifs is 1. The first-order valence-corrected chi connectivity index (χ1v) is 16.5. The Morgan fingerprint density at radius 1 is 0.739 bits per heavy atom. The monoisotopic (exact) mass is 636 g/mol. The third-order valence-electron chi connectivity index (χ3n) is 8.42. The van der Waals surface area contributed by atoms with Crippen LogP contribution in [0.3, 0.4) is 0 Å². The van der Waals surface area contributed by atoms with E-state index in [-0.39, 0.29) is 6.10 Å². The van der Waals surface area contributed by atoms with Crippen LogP contribution >= 0.6 is 11.3 Å². The maximum Gasteiger partial charge on any atom is 0.161 e. The van der Waals surface area contributed by atoms with Crippen LogP contribution in [0.2, 0.25) is 0 Å². The SMILES string of the molecule is COc1ccc(C2CC(c3cc(C)c(C)c(OC)c3)=NO2)cc1OCCCCCOc1ccc(-c2nc3ccccc3s2)cc1C. The lowest BCUT2D eigenvalue weighted by Gasteiger charge is -2.15. The molecule has 8 heteroatoms. The normalized spacial score (nSPS) is 14.2. The molecule has 1 aromatic heterocycles. The zero-order valence-corrected chi connectivity index (χ0v) is 27.9. The van der Waals surface area contributed by atoms with Crippen LogP contribution in [-0.4, -0.2) is 38.1 Å². The minimum absolute atomic E-state index is 0.188. The van der Waals surface area contributed by atoms with Gasteiger partial charge < -0.3 is 23.8 Å². The molecule has 0 aliphatic carbocycles. The Kier molecular flexibility index (Phi) is 9.73. The number of nitrogens with zero attached hydrogens (tertiary/aromatic N) is 2. The summed E-state index contributed by atoms with van der Waals surface area (Å²) in [7, 11) is 3.35. The standard InChI is InChI=1S/C38H40N2O5S/c1-24-19-29(22-34(42-5)26(24)3)31-23-35(45-40-31)27-13-16-33(41-4)36(21-27)44-18-10-6-9-17-43-32-15-14-28(20-25(32)2)38-39-30-11-7-8-12-37(30)46-38/h7-8,11-16,19-22,35H,6,9-10,17-18,23H2,1-5H3. The van der Waals surface area contributed by atoms with Gasteiger partial charge in [-0.05, 0) is 117 Å². The molecule has 1 aliphatic rings. The van der Waals surface area contributed by atoms with Gasteiger partial charge in [0.25, 0.3) is 0 Å². The van der Waals surface area contributed by atoms with Crippen LogP contribution < -0.4 is 18.9 Å². The van der Waals surface area contributed by atoms with Gasteiger partial charge in [0.15, 0.2) is 17.6 Å². The molecule has 46 heavy (non-hydrogen) atoms. The summed E-state index contributed by atoms with van der Waals surface area (Å²) in [6, 6.07) is 24.7. The number of thiazole rings is 1. The van der Waals surface area contributed by atoms with Crippen molar-refractivity contribution in [1.82, 2.24) is 4.98 Å². The molecule has 0 N–H and O–H groups in total. The van der Waals surface area contributed by atoms with E-state index in [2.05, 4.69) is 68.4 Å². The van der Waals surface area contributed by atoms with E-state index in [0.717, 1.165) is 80.4 Å². The second kappa shape index (κ2) is 14.3. The van der Waals surface area contributed by atoms with Crippen molar-refractivity contribution < 1.29 is 23.8 Å². The zero-order chi connectivity index (χ0) is 32.0. The van der Waals surface area contributed by atoms with Crippen LogP contribution in [0, 0.1) is 20.8 Å². The molecule has 238 valence electrons. The minimum Gasteiger partial charge on any atom is -0.496 e. The highest BCUT2D eigenvalue weighted by Crippen LogP contribution is 2.37. The van der Waals surface area contributed by atoms with Gasteiger partial charge in [-0.3, -0.25) is 0 Å². The summed E-state index contributed by atoms with van der Waals surface area (Å²) in [6.07, 6.45) is 3.33. The molecular formula is C38H40N2O5S. The van der Waals surface area contributed by atoms with E-state index in [1.54, 1.807) is 25.6 Å². The molecule has 1 atom stereocenters. The molecule has 0 radical (unpaired) electrons. The molecule has 1 unspecified atom stereocenters. The number of benzene rings is 4. The fourth-order valence-corrected chi connectivity index (χ4v) is 6.59. The number of ether oxygens (including phenoxy) is 4. The van der Waals surface area contributed by atoms with Gasteiger partial charge >= 0.3 is 0 Å². The maximum atomic E-state index is 6.18. The van der Waals surface area contributed by atoms with Crippen molar-refractivity contribution in [2.24, 2.45) is 5.16 Å². The highest BCUT2D eigenvalue weighted by molar-refractivity contribution is 7.21. The van der Waals surface area contributed by atoms with E-state index in [9.17, 15) is 0 Å². The van der Waals surface area contributed by atoms with Crippen molar-refractivity contribution in [1.29, 1.82) is 0 Å². The summed E-state index contributed by atoms with van der Waals surface area (Å²) >= 11 is 1.72. The summed E-state index contributed by atoms with van der Waals surface area (Å²) in [5.74, 6) is 3.19. The number of hydrogen-bond acceptors (Lipinski definition) is 8. The van der Waals surface area contributed by atoms with Gasteiger partial charge in [0, 0.05) is 17.5 Å². The maximum absolute atomic E-state index is 6.18. The Labute approximate surface area is 274 Å². The van der Waals surface area contributed by atoms with Crippen molar-refractivity contribution in [3.05, 3.63) is 101 Å². The number of methoxy groups -OCH3 is 2. The van der Waals surface area contributed by atoms with Crippen molar-refractivity contribution >= 4 is 27.3 Å². The van der Waals surface area contributed by atoms with Crippen molar-refractivity contribution in [2.45, 2.75) is 52.6 Å². The molecule has 0 fully saturated rings. The molecule has 6 rings (SSSR count). The van der Waals surface area contributed by atoms with Gasteiger partial charge in [-0.15, -0.1) is 11.3 Å². The highest BCUT2D eigenvalue weighted by Gasteiger charge is 2.26. The molecule has 0 amide bonds. The second-order valence-corrected chi connectivity index (χ2v) is 12.6. The Hall–Kier alpha value is -4.56. The Morgan fingerprint density at radius 2 is 1.48 bits per heavy atom.